The second kappa shape index (κ2) is 7.85. The summed E-state index contributed by atoms with van der Waals surface area (Å²) in [6, 6.07) is 5.72. The van der Waals surface area contributed by atoms with Gasteiger partial charge in [0.15, 0.2) is 0 Å². The van der Waals surface area contributed by atoms with Crippen molar-refractivity contribution in [1.29, 1.82) is 0 Å². The molecule has 0 atom stereocenters. The highest BCUT2D eigenvalue weighted by Crippen LogP contribution is 2.33. The molecule has 2 rings (SSSR count). The molecule has 6 nitrogen and oxygen atoms in total. The highest BCUT2D eigenvalue weighted by molar-refractivity contribution is 6.34. The van der Waals surface area contributed by atoms with Gasteiger partial charge >= 0.3 is 6.09 Å². The number of hydrogen-bond acceptors (Lipinski definition) is 4. The van der Waals surface area contributed by atoms with Gasteiger partial charge in [0.2, 0.25) is 0 Å². The molecule has 1 aromatic carbocycles. The Balaban J connectivity index is 2.17. The monoisotopic (exact) mass is 359 g/mol. The van der Waals surface area contributed by atoms with Gasteiger partial charge in [0, 0.05) is 12.3 Å². The number of rotatable bonds is 6. The average Bonchev–Trinajstić information content (AvgIpc) is 2.50. The van der Waals surface area contributed by atoms with Gasteiger partial charge in [0.25, 0.3) is 0 Å². The first-order chi connectivity index (χ1) is 11.0. The van der Waals surface area contributed by atoms with Gasteiger partial charge in [-0.05, 0) is 12.1 Å². The van der Waals surface area contributed by atoms with Crippen LogP contribution in [0.3, 0.4) is 0 Å². The Morgan fingerprint density at radius 1 is 1.39 bits per heavy atom. The summed E-state index contributed by atoms with van der Waals surface area (Å²) < 4.78 is 19.5. The average molecular weight is 360 g/mol. The highest BCUT2D eigenvalue weighted by atomic mass is 35.5. The molecule has 0 radical (unpaired) electrons. The number of amides is 1. The normalized spacial score (nSPS) is 10.2. The summed E-state index contributed by atoms with van der Waals surface area (Å²) >= 11 is 11.8. The van der Waals surface area contributed by atoms with Crippen LogP contribution in [0.2, 0.25) is 10.2 Å². The third kappa shape index (κ3) is 4.87. The SMILES string of the molecule is O=C(O)NCCOc1cccc(F)c1Nc1cc(Cl)ncc1Cl. The summed E-state index contributed by atoms with van der Waals surface area (Å²) in [7, 11) is 0. The molecule has 0 unspecified atom stereocenters. The second-order valence-corrected chi connectivity index (χ2v) is 5.10. The molecule has 0 aliphatic carbocycles. The second-order valence-electron chi connectivity index (χ2n) is 4.31. The molecule has 0 saturated heterocycles. The number of carbonyl (C=O) groups is 1. The number of ether oxygens (including phenoxy) is 1. The number of hydrogen-bond donors (Lipinski definition) is 3. The summed E-state index contributed by atoms with van der Waals surface area (Å²) in [5.41, 5.74) is 0.428. The number of carboxylic acid groups (broad SMARTS) is 1. The minimum atomic E-state index is -1.16. The fraction of sp³-hybridized carbons (Fsp3) is 0.143. The quantitative estimate of drug-likeness (QED) is 0.537. The predicted molar refractivity (Wildman–Crippen MR) is 85.5 cm³/mol. The van der Waals surface area contributed by atoms with Crippen molar-refractivity contribution in [3.8, 4) is 5.75 Å². The first kappa shape index (κ1) is 17.1. The van der Waals surface area contributed by atoms with Gasteiger partial charge < -0.3 is 20.5 Å². The largest absolute Gasteiger partial charge is 0.489 e. The van der Waals surface area contributed by atoms with Crippen LogP contribution in [0.1, 0.15) is 0 Å². The first-order valence-corrected chi connectivity index (χ1v) is 7.19. The van der Waals surface area contributed by atoms with Crippen LogP contribution in [-0.2, 0) is 0 Å². The molecule has 1 amide bonds. The van der Waals surface area contributed by atoms with E-state index >= 15 is 0 Å². The van der Waals surface area contributed by atoms with E-state index in [1.807, 2.05) is 0 Å². The predicted octanol–water partition coefficient (Wildman–Crippen LogP) is 3.92. The third-order valence-corrected chi connectivity index (χ3v) is 3.20. The number of nitrogens with one attached hydrogen (secondary N) is 2. The summed E-state index contributed by atoms with van der Waals surface area (Å²) in [4.78, 5) is 14.2. The highest BCUT2D eigenvalue weighted by Gasteiger charge is 2.12. The Bertz CT molecular complexity index is 716. The zero-order valence-corrected chi connectivity index (χ0v) is 13.2. The van der Waals surface area contributed by atoms with Crippen molar-refractivity contribution in [2.75, 3.05) is 18.5 Å². The van der Waals surface area contributed by atoms with Gasteiger partial charge in [0.1, 0.15) is 29.0 Å². The molecule has 0 aliphatic rings. The van der Waals surface area contributed by atoms with Gasteiger partial charge in [-0.3, -0.25) is 0 Å². The zero-order valence-electron chi connectivity index (χ0n) is 11.6. The molecular weight excluding hydrogens is 348 g/mol. The molecule has 122 valence electrons. The van der Waals surface area contributed by atoms with Crippen LogP contribution < -0.4 is 15.4 Å². The Morgan fingerprint density at radius 2 is 2.17 bits per heavy atom. The zero-order chi connectivity index (χ0) is 16.8. The van der Waals surface area contributed by atoms with Crippen LogP contribution in [0.15, 0.2) is 30.5 Å². The lowest BCUT2D eigenvalue weighted by Gasteiger charge is -2.15. The van der Waals surface area contributed by atoms with Crippen molar-refractivity contribution in [2.24, 2.45) is 0 Å². The first-order valence-electron chi connectivity index (χ1n) is 6.43. The summed E-state index contributed by atoms with van der Waals surface area (Å²) in [5, 5.41) is 13.9. The molecule has 3 N–H and O–H groups in total. The summed E-state index contributed by atoms with van der Waals surface area (Å²) in [6.07, 6.45) is 0.175. The minimum absolute atomic E-state index is 0.0370. The smallest absolute Gasteiger partial charge is 0.404 e. The van der Waals surface area contributed by atoms with Crippen LogP contribution in [-0.4, -0.2) is 29.3 Å². The lowest BCUT2D eigenvalue weighted by molar-refractivity contribution is 0.191. The minimum Gasteiger partial charge on any atom is -0.489 e. The molecule has 23 heavy (non-hydrogen) atoms. The molecule has 1 heterocycles. The van der Waals surface area contributed by atoms with E-state index in [-0.39, 0.29) is 34.8 Å². The molecule has 0 fully saturated rings. The molecular formula is C14H12Cl2FN3O3. The van der Waals surface area contributed by atoms with Crippen LogP contribution in [0.5, 0.6) is 5.75 Å². The van der Waals surface area contributed by atoms with Crippen molar-refractivity contribution in [3.63, 3.8) is 0 Å². The Labute approximate surface area is 141 Å². The van der Waals surface area contributed by atoms with E-state index < -0.39 is 11.9 Å². The van der Waals surface area contributed by atoms with Gasteiger partial charge in [0.05, 0.1) is 17.3 Å². The standard InChI is InChI=1S/C14H12Cl2FN3O3/c15-8-7-19-12(16)6-10(8)20-13-9(17)2-1-3-11(13)23-5-4-18-14(21)22/h1-3,6-7,18H,4-5H2,(H,19,20)(H,21,22). The van der Waals surface area contributed by atoms with E-state index in [4.69, 9.17) is 33.0 Å². The molecule has 1 aromatic heterocycles. The van der Waals surface area contributed by atoms with Gasteiger partial charge in [-0.2, -0.15) is 0 Å². The van der Waals surface area contributed by atoms with E-state index in [1.54, 1.807) is 6.07 Å². The molecule has 0 aliphatic heterocycles. The number of pyridine rings is 1. The number of para-hydroxylation sites is 1. The summed E-state index contributed by atoms with van der Waals surface area (Å²) in [6.45, 7) is 0.0996. The third-order valence-electron chi connectivity index (χ3n) is 2.69. The van der Waals surface area contributed by atoms with Crippen LogP contribution in [0, 0.1) is 5.82 Å². The van der Waals surface area contributed by atoms with E-state index in [0.29, 0.717) is 5.69 Å². The van der Waals surface area contributed by atoms with Crippen molar-refractivity contribution in [3.05, 3.63) is 46.5 Å². The van der Waals surface area contributed by atoms with Crippen LogP contribution in [0.25, 0.3) is 0 Å². The lowest BCUT2D eigenvalue weighted by atomic mass is 10.2. The maximum Gasteiger partial charge on any atom is 0.404 e. The van der Waals surface area contributed by atoms with Crippen molar-refractivity contribution >= 4 is 40.7 Å². The van der Waals surface area contributed by atoms with E-state index in [0.717, 1.165) is 0 Å². The van der Waals surface area contributed by atoms with Crippen LogP contribution in [0.4, 0.5) is 20.6 Å². The number of halogens is 3. The van der Waals surface area contributed by atoms with Gasteiger partial charge in [-0.25, -0.2) is 14.2 Å². The lowest BCUT2D eigenvalue weighted by Crippen LogP contribution is -2.26. The maximum atomic E-state index is 14.1. The Morgan fingerprint density at radius 3 is 2.91 bits per heavy atom. The van der Waals surface area contributed by atoms with E-state index in [1.165, 1.54) is 24.4 Å². The molecule has 2 aromatic rings. The van der Waals surface area contributed by atoms with E-state index in [9.17, 15) is 9.18 Å². The number of benzene rings is 1. The molecule has 0 spiro atoms. The fourth-order valence-electron chi connectivity index (χ4n) is 1.71. The Hall–Kier alpha value is -2.25. The number of nitrogens with zero attached hydrogens (tertiary/aromatic N) is 1. The molecule has 9 heteroatoms. The van der Waals surface area contributed by atoms with Crippen molar-refractivity contribution in [1.82, 2.24) is 10.3 Å². The maximum absolute atomic E-state index is 14.1. The molecule has 0 saturated carbocycles. The topological polar surface area (TPSA) is 83.5 Å². The van der Waals surface area contributed by atoms with Crippen molar-refractivity contribution < 1.29 is 19.0 Å². The number of anilines is 2. The molecule has 0 bridgehead atoms. The van der Waals surface area contributed by atoms with Crippen molar-refractivity contribution in [2.45, 2.75) is 0 Å². The van der Waals surface area contributed by atoms with Gasteiger partial charge in [-0.1, -0.05) is 29.3 Å². The fourth-order valence-corrected chi connectivity index (χ4v) is 2.02. The number of aromatic nitrogens is 1. The van der Waals surface area contributed by atoms with E-state index in [2.05, 4.69) is 15.6 Å². The van der Waals surface area contributed by atoms with Gasteiger partial charge in [-0.15, -0.1) is 0 Å². The Kier molecular flexibility index (Phi) is 5.84. The summed E-state index contributed by atoms with van der Waals surface area (Å²) in [5.74, 6) is -0.348. The van der Waals surface area contributed by atoms with Crippen LogP contribution >= 0.6 is 23.2 Å².